The fraction of sp³-hybridized carbons (Fsp3) is 0.100. The molecule has 0 amide bonds. The molecule has 3 rings (SSSR count). The minimum Gasteiger partial charge on any atom is -0.423 e. The Hall–Kier alpha value is -2.28. The van der Waals surface area contributed by atoms with Gasteiger partial charge in [-0.05, 0) is 42.0 Å². The van der Waals surface area contributed by atoms with Gasteiger partial charge in [-0.1, -0.05) is 46.9 Å². The van der Waals surface area contributed by atoms with Crippen molar-refractivity contribution in [2.45, 2.75) is 12.6 Å². The first-order valence-corrected chi connectivity index (χ1v) is 9.24. The summed E-state index contributed by atoms with van der Waals surface area (Å²) < 4.78 is 43.3. The number of pyridine rings is 1. The van der Waals surface area contributed by atoms with Crippen LogP contribution in [0.5, 0.6) is 5.75 Å². The lowest BCUT2D eigenvalue weighted by Crippen LogP contribution is -2.08. The predicted octanol–water partition coefficient (Wildman–Crippen LogP) is 6.87. The lowest BCUT2D eigenvalue weighted by Gasteiger charge is -2.10. The third-order valence-electron chi connectivity index (χ3n) is 3.91. The summed E-state index contributed by atoms with van der Waals surface area (Å²) >= 11 is 17.6. The van der Waals surface area contributed by atoms with Crippen molar-refractivity contribution in [2.75, 3.05) is 0 Å². The van der Waals surface area contributed by atoms with Crippen molar-refractivity contribution in [1.82, 2.24) is 4.98 Å². The average molecular weight is 461 g/mol. The summed E-state index contributed by atoms with van der Waals surface area (Å²) in [6.07, 6.45) is -3.54. The number of aromatic nitrogens is 1. The van der Waals surface area contributed by atoms with Gasteiger partial charge in [0.05, 0.1) is 31.9 Å². The molecule has 0 bridgehead atoms. The summed E-state index contributed by atoms with van der Waals surface area (Å²) in [6.45, 7) is 0. The third-order valence-corrected chi connectivity index (χ3v) is 4.97. The van der Waals surface area contributed by atoms with Gasteiger partial charge in [0.1, 0.15) is 5.75 Å². The average Bonchev–Trinajstić information content (AvgIpc) is 2.66. The van der Waals surface area contributed by atoms with Crippen LogP contribution in [0.4, 0.5) is 13.2 Å². The van der Waals surface area contributed by atoms with Gasteiger partial charge < -0.3 is 4.74 Å². The quantitative estimate of drug-likeness (QED) is 0.315. The highest BCUT2D eigenvalue weighted by molar-refractivity contribution is 6.42. The molecule has 3 aromatic rings. The highest BCUT2D eigenvalue weighted by atomic mass is 35.5. The van der Waals surface area contributed by atoms with Crippen LogP contribution < -0.4 is 4.74 Å². The Kier molecular flexibility index (Phi) is 6.36. The molecule has 2 aromatic carbocycles. The molecule has 0 spiro atoms. The minimum atomic E-state index is -4.50. The first-order valence-electron chi connectivity index (χ1n) is 8.11. The maximum atomic E-state index is 12.7. The van der Waals surface area contributed by atoms with E-state index in [9.17, 15) is 18.0 Å². The summed E-state index contributed by atoms with van der Waals surface area (Å²) in [6, 6.07) is 11.7. The second kappa shape index (κ2) is 8.61. The molecule has 0 fully saturated rings. The van der Waals surface area contributed by atoms with E-state index < -0.39 is 17.7 Å². The fourth-order valence-electron chi connectivity index (χ4n) is 2.41. The Balaban J connectivity index is 1.69. The van der Waals surface area contributed by atoms with Crippen molar-refractivity contribution in [2.24, 2.45) is 0 Å². The van der Waals surface area contributed by atoms with E-state index in [2.05, 4.69) is 4.98 Å². The molecule has 0 radical (unpaired) electrons. The molecular weight excluding hydrogens is 450 g/mol. The van der Waals surface area contributed by atoms with Gasteiger partial charge in [0.15, 0.2) is 0 Å². The van der Waals surface area contributed by atoms with Crippen molar-refractivity contribution in [3.8, 4) is 5.75 Å². The molecule has 0 N–H and O–H groups in total. The summed E-state index contributed by atoms with van der Waals surface area (Å²) in [5.74, 6) is -0.319. The Morgan fingerprint density at radius 3 is 2.21 bits per heavy atom. The van der Waals surface area contributed by atoms with Crippen LogP contribution in [0.1, 0.15) is 27.2 Å². The Bertz CT molecular complexity index is 1050. The number of hydrogen-bond donors (Lipinski definition) is 0. The molecule has 0 saturated heterocycles. The van der Waals surface area contributed by atoms with Gasteiger partial charge in [0.25, 0.3) is 0 Å². The molecule has 0 aliphatic heterocycles. The van der Waals surface area contributed by atoms with Crippen molar-refractivity contribution in [1.29, 1.82) is 0 Å². The van der Waals surface area contributed by atoms with E-state index in [0.29, 0.717) is 10.7 Å². The monoisotopic (exact) mass is 459 g/mol. The van der Waals surface area contributed by atoms with E-state index in [0.717, 1.165) is 17.8 Å². The Morgan fingerprint density at radius 1 is 0.931 bits per heavy atom. The second-order valence-corrected chi connectivity index (χ2v) is 7.21. The number of halogens is 6. The molecule has 0 aliphatic rings. The first kappa shape index (κ1) is 21.4. The summed E-state index contributed by atoms with van der Waals surface area (Å²) in [7, 11) is 0. The van der Waals surface area contributed by atoms with Gasteiger partial charge in [-0.2, -0.15) is 13.2 Å². The van der Waals surface area contributed by atoms with E-state index in [1.807, 2.05) is 0 Å². The number of carbonyl (C=O) groups excluding carboxylic acids is 1. The number of carbonyl (C=O) groups is 1. The number of alkyl halides is 3. The molecule has 0 aliphatic carbocycles. The normalized spacial score (nSPS) is 11.4. The second-order valence-electron chi connectivity index (χ2n) is 5.99. The summed E-state index contributed by atoms with van der Waals surface area (Å²) in [5, 5.41) is 0.482. The van der Waals surface area contributed by atoms with E-state index >= 15 is 0 Å². The fourth-order valence-corrected chi connectivity index (χ4v) is 2.94. The Labute approximate surface area is 179 Å². The minimum absolute atomic E-state index is 0.0741. The van der Waals surface area contributed by atoms with Crippen LogP contribution >= 0.6 is 34.8 Å². The van der Waals surface area contributed by atoms with Crippen molar-refractivity contribution >= 4 is 40.8 Å². The van der Waals surface area contributed by atoms with Crippen LogP contribution in [0.25, 0.3) is 0 Å². The van der Waals surface area contributed by atoms with Gasteiger partial charge in [0, 0.05) is 12.6 Å². The largest absolute Gasteiger partial charge is 0.423 e. The molecule has 1 aromatic heterocycles. The molecule has 9 heteroatoms. The van der Waals surface area contributed by atoms with Crippen LogP contribution in [0, 0.1) is 0 Å². The lowest BCUT2D eigenvalue weighted by molar-refractivity contribution is -0.137. The van der Waals surface area contributed by atoms with E-state index in [1.54, 1.807) is 24.3 Å². The maximum Gasteiger partial charge on any atom is 0.417 e. The van der Waals surface area contributed by atoms with Gasteiger partial charge in [-0.25, -0.2) is 4.79 Å². The van der Waals surface area contributed by atoms with Crippen molar-refractivity contribution < 1.29 is 22.7 Å². The topological polar surface area (TPSA) is 39.2 Å². The smallest absolute Gasteiger partial charge is 0.417 e. The van der Waals surface area contributed by atoms with Crippen LogP contribution in [0.2, 0.25) is 15.1 Å². The maximum absolute atomic E-state index is 12.7. The molecule has 150 valence electrons. The van der Waals surface area contributed by atoms with Crippen LogP contribution in [0.15, 0.2) is 54.7 Å². The van der Waals surface area contributed by atoms with Crippen LogP contribution in [-0.4, -0.2) is 11.0 Å². The molecular formula is C20H11Cl3F3NO2. The standard InChI is InChI=1S/C20H11Cl3F3NO2/c21-15-6-3-12(8-16(15)22)19(28)29-14-4-1-11(2-5-14)7-18-17(23)9-13(10-27-18)20(24,25)26/h1-6,8-10H,7H2. The zero-order valence-electron chi connectivity index (χ0n) is 14.4. The first-order chi connectivity index (χ1) is 13.6. The number of hydrogen-bond acceptors (Lipinski definition) is 3. The number of rotatable bonds is 4. The SMILES string of the molecule is O=C(Oc1ccc(Cc2ncc(C(F)(F)F)cc2Cl)cc1)c1ccc(Cl)c(Cl)c1. The molecule has 0 saturated carbocycles. The molecule has 1 heterocycles. The summed E-state index contributed by atoms with van der Waals surface area (Å²) in [4.78, 5) is 16.0. The van der Waals surface area contributed by atoms with Gasteiger partial charge in [-0.3, -0.25) is 4.98 Å². The zero-order chi connectivity index (χ0) is 21.2. The van der Waals surface area contributed by atoms with Crippen molar-refractivity contribution in [3.05, 3.63) is 92.2 Å². The number of nitrogens with zero attached hydrogens (tertiary/aromatic N) is 1. The van der Waals surface area contributed by atoms with Crippen molar-refractivity contribution in [3.63, 3.8) is 0 Å². The zero-order valence-corrected chi connectivity index (χ0v) is 16.7. The lowest BCUT2D eigenvalue weighted by atomic mass is 10.1. The molecule has 0 unspecified atom stereocenters. The van der Waals surface area contributed by atoms with E-state index in [4.69, 9.17) is 39.5 Å². The van der Waals surface area contributed by atoms with Crippen LogP contribution in [-0.2, 0) is 12.6 Å². The van der Waals surface area contributed by atoms with Gasteiger partial charge in [0.2, 0.25) is 0 Å². The number of ether oxygens (including phenoxy) is 1. The van der Waals surface area contributed by atoms with Crippen LogP contribution in [0.3, 0.4) is 0 Å². The third kappa shape index (κ3) is 5.41. The molecule has 0 atom stereocenters. The highest BCUT2D eigenvalue weighted by Gasteiger charge is 2.31. The van der Waals surface area contributed by atoms with E-state index in [1.165, 1.54) is 18.2 Å². The van der Waals surface area contributed by atoms with Gasteiger partial charge >= 0.3 is 12.1 Å². The number of benzene rings is 2. The van der Waals surface area contributed by atoms with E-state index in [-0.39, 0.29) is 27.8 Å². The Morgan fingerprint density at radius 2 is 1.62 bits per heavy atom. The van der Waals surface area contributed by atoms with Gasteiger partial charge in [-0.15, -0.1) is 0 Å². The molecule has 29 heavy (non-hydrogen) atoms. The highest BCUT2D eigenvalue weighted by Crippen LogP contribution is 2.31. The number of esters is 1. The summed E-state index contributed by atoms with van der Waals surface area (Å²) in [5.41, 5.74) is 0.369. The molecule has 3 nitrogen and oxygen atoms in total. The predicted molar refractivity (Wildman–Crippen MR) is 105 cm³/mol.